The molecule has 0 radical (unpaired) electrons. The van der Waals surface area contributed by atoms with Gasteiger partial charge >= 0.3 is 0 Å². The lowest BCUT2D eigenvalue weighted by molar-refractivity contribution is 0.267. The average Bonchev–Trinajstić information content (AvgIpc) is 3.08. The van der Waals surface area contributed by atoms with Crippen molar-refractivity contribution in [3.8, 4) is 5.75 Å². The molecule has 1 atom stereocenters. The molecule has 0 amide bonds. The molecule has 0 aliphatic heterocycles. The van der Waals surface area contributed by atoms with Crippen molar-refractivity contribution in [3.05, 3.63) is 51.9 Å². The van der Waals surface area contributed by atoms with E-state index >= 15 is 0 Å². The number of anilines is 1. The number of hydrogen-bond acceptors (Lipinski definition) is 6. The summed E-state index contributed by atoms with van der Waals surface area (Å²) in [6.07, 6.45) is 1.64. The van der Waals surface area contributed by atoms with Crippen LogP contribution in [0.1, 0.15) is 58.3 Å². The fourth-order valence-electron chi connectivity index (χ4n) is 3.14. The molecular formula is C22H30N4O2S. The lowest BCUT2D eigenvalue weighted by Gasteiger charge is -2.23. The lowest BCUT2D eigenvalue weighted by atomic mass is 9.96. The predicted octanol–water partition coefficient (Wildman–Crippen LogP) is 4.95. The van der Waals surface area contributed by atoms with Crippen LogP contribution in [0.3, 0.4) is 0 Å². The Balaban J connectivity index is 1.94. The van der Waals surface area contributed by atoms with Crippen molar-refractivity contribution in [3.63, 3.8) is 0 Å². The largest absolute Gasteiger partial charge is 0.493 e. The molecule has 0 aliphatic rings. The maximum atomic E-state index is 12.3. The van der Waals surface area contributed by atoms with E-state index in [1.165, 1.54) is 15.9 Å². The van der Waals surface area contributed by atoms with Gasteiger partial charge in [-0.25, -0.2) is 4.98 Å². The second-order valence-corrected chi connectivity index (χ2v) is 9.07. The first-order chi connectivity index (χ1) is 13.9. The second-order valence-electron chi connectivity index (χ2n) is 8.11. The summed E-state index contributed by atoms with van der Waals surface area (Å²) in [5.41, 5.74) is 1.75. The molecule has 2 heterocycles. The number of benzene rings is 1. The first-order valence-electron chi connectivity index (χ1n) is 10.3. The number of ether oxygens (including phenoxy) is 1. The molecule has 6 nitrogen and oxygen atoms in total. The Morgan fingerprint density at radius 1 is 1.17 bits per heavy atom. The van der Waals surface area contributed by atoms with Crippen molar-refractivity contribution in [2.24, 2.45) is 11.8 Å². The van der Waals surface area contributed by atoms with E-state index < -0.39 is 0 Å². The maximum absolute atomic E-state index is 12.3. The Hall–Kier alpha value is -2.41. The van der Waals surface area contributed by atoms with E-state index in [9.17, 15) is 4.79 Å². The molecule has 29 heavy (non-hydrogen) atoms. The maximum Gasteiger partial charge on any atom is 0.275 e. The molecule has 2 aromatic heterocycles. The average molecular weight is 415 g/mol. The van der Waals surface area contributed by atoms with Gasteiger partial charge in [-0.15, -0.1) is 5.10 Å². The number of hydrogen-bond donors (Lipinski definition) is 1. The minimum atomic E-state index is -0.141. The first kappa shape index (κ1) is 21.3. The molecule has 0 saturated heterocycles. The molecule has 3 aromatic rings. The van der Waals surface area contributed by atoms with Crippen LogP contribution in [0.4, 0.5) is 5.13 Å². The van der Waals surface area contributed by atoms with Crippen LogP contribution in [-0.4, -0.2) is 21.2 Å². The second kappa shape index (κ2) is 9.39. The highest BCUT2D eigenvalue weighted by atomic mass is 32.1. The number of nitrogens with one attached hydrogen (secondary N) is 1. The smallest absolute Gasteiger partial charge is 0.275 e. The molecule has 0 saturated carbocycles. The van der Waals surface area contributed by atoms with Crippen LogP contribution in [0.15, 0.2) is 35.1 Å². The van der Waals surface area contributed by atoms with E-state index in [1.54, 1.807) is 6.07 Å². The lowest BCUT2D eigenvalue weighted by Crippen LogP contribution is -2.17. The Morgan fingerprint density at radius 3 is 2.62 bits per heavy atom. The van der Waals surface area contributed by atoms with Gasteiger partial charge in [-0.3, -0.25) is 4.79 Å². The molecule has 0 fully saturated rings. The van der Waals surface area contributed by atoms with Gasteiger partial charge in [0.05, 0.1) is 12.6 Å². The number of rotatable bonds is 9. The summed E-state index contributed by atoms with van der Waals surface area (Å²) in [6.45, 7) is 11.3. The third-order valence-electron chi connectivity index (χ3n) is 4.53. The van der Waals surface area contributed by atoms with Crippen LogP contribution in [0.25, 0.3) is 4.96 Å². The van der Waals surface area contributed by atoms with Gasteiger partial charge in [0.25, 0.3) is 5.56 Å². The van der Waals surface area contributed by atoms with E-state index in [2.05, 4.69) is 49.2 Å². The topological polar surface area (TPSA) is 68.5 Å². The van der Waals surface area contributed by atoms with E-state index in [0.29, 0.717) is 28.5 Å². The van der Waals surface area contributed by atoms with Gasteiger partial charge in [-0.1, -0.05) is 64.2 Å². The van der Waals surface area contributed by atoms with Gasteiger partial charge in [-0.2, -0.15) is 4.52 Å². The van der Waals surface area contributed by atoms with Crippen molar-refractivity contribution < 1.29 is 4.74 Å². The zero-order valence-corrected chi connectivity index (χ0v) is 18.6. The zero-order chi connectivity index (χ0) is 21.0. The van der Waals surface area contributed by atoms with Gasteiger partial charge in [0, 0.05) is 17.3 Å². The molecule has 1 aromatic carbocycles. The Kier molecular flexibility index (Phi) is 6.90. The highest BCUT2D eigenvalue weighted by molar-refractivity contribution is 7.20. The van der Waals surface area contributed by atoms with E-state index in [4.69, 9.17) is 4.74 Å². The van der Waals surface area contributed by atoms with Crippen molar-refractivity contribution in [2.45, 2.75) is 53.5 Å². The van der Waals surface area contributed by atoms with Crippen LogP contribution in [0.5, 0.6) is 5.75 Å². The number of nitrogens with zero attached hydrogens (tertiary/aromatic N) is 3. The summed E-state index contributed by atoms with van der Waals surface area (Å²) >= 11 is 1.40. The molecule has 7 heteroatoms. The van der Waals surface area contributed by atoms with Crippen molar-refractivity contribution in [1.29, 1.82) is 0 Å². The summed E-state index contributed by atoms with van der Waals surface area (Å²) in [5.74, 6) is 1.83. The standard InChI is InChI=1S/C22H30N4O2S/c1-6-16-12-20(27)26-22(23-16)29-21(25-26)24-18(11-14(2)3)17-9-7-8-10-19(17)28-13-15(4)5/h7-10,12,14-15,18H,6,11,13H2,1-5H3,(H,24,25). The Labute approximate surface area is 176 Å². The highest BCUT2D eigenvalue weighted by Crippen LogP contribution is 2.33. The minimum absolute atomic E-state index is 0.0280. The van der Waals surface area contributed by atoms with Crippen LogP contribution >= 0.6 is 11.3 Å². The molecule has 1 unspecified atom stereocenters. The molecule has 0 aliphatic carbocycles. The number of aromatic nitrogens is 3. The minimum Gasteiger partial charge on any atom is -0.493 e. The van der Waals surface area contributed by atoms with E-state index in [-0.39, 0.29) is 11.6 Å². The predicted molar refractivity (Wildman–Crippen MR) is 119 cm³/mol. The summed E-state index contributed by atoms with van der Waals surface area (Å²) < 4.78 is 7.46. The highest BCUT2D eigenvalue weighted by Gasteiger charge is 2.20. The summed E-state index contributed by atoms with van der Waals surface area (Å²) in [4.78, 5) is 17.5. The number of aryl methyl sites for hydroxylation is 1. The van der Waals surface area contributed by atoms with Gasteiger partial charge in [0.15, 0.2) is 0 Å². The summed E-state index contributed by atoms with van der Waals surface area (Å²) in [7, 11) is 0. The van der Waals surface area contributed by atoms with Crippen molar-refractivity contribution in [1.82, 2.24) is 14.6 Å². The summed E-state index contributed by atoms with van der Waals surface area (Å²) in [5, 5.41) is 8.70. The molecule has 3 rings (SSSR count). The third kappa shape index (κ3) is 5.35. The first-order valence-corrected chi connectivity index (χ1v) is 11.1. The normalized spacial score (nSPS) is 12.7. The van der Waals surface area contributed by atoms with Crippen LogP contribution in [0, 0.1) is 11.8 Å². The van der Waals surface area contributed by atoms with Crippen LogP contribution in [0.2, 0.25) is 0 Å². The molecule has 0 bridgehead atoms. The number of fused-ring (bicyclic) bond motifs is 1. The summed E-state index contributed by atoms with van der Waals surface area (Å²) in [6, 6.07) is 9.73. The van der Waals surface area contributed by atoms with Gasteiger partial charge < -0.3 is 10.1 Å². The number of para-hydroxylation sites is 1. The quantitative estimate of drug-likeness (QED) is 0.537. The SMILES string of the molecule is CCc1cc(=O)n2nc(NC(CC(C)C)c3ccccc3OCC(C)C)sc2n1. The molecule has 1 N–H and O–H groups in total. The third-order valence-corrected chi connectivity index (χ3v) is 5.37. The Morgan fingerprint density at radius 2 is 1.93 bits per heavy atom. The van der Waals surface area contributed by atoms with Crippen LogP contribution < -0.4 is 15.6 Å². The van der Waals surface area contributed by atoms with Gasteiger partial charge in [0.1, 0.15) is 5.75 Å². The van der Waals surface area contributed by atoms with E-state index in [0.717, 1.165) is 29.8 Å². The van der Waals surface area contributed by atoms with Crippen molar-refractivity contribution in [2.75, 3.05) is 11.9 Å². The van der Waals surface area contributed by atoms with Crippen molar-refractivity contribution >= 4 is 21.4 Å². The van der Waals surface area contributed by atoms with Gasteiger partial charge in [0.2, 0.25) is 10.1 Å². The monoisotopic (exact) mass is 414 g/mol. The Bertz CT molecular complexity index is 1010. The van der Waals surface area contributed by atoms with Gasteiger partial charge in [-0.05, 0) is 30.7 Å². The van der Waals surface area contributed by atoms with Crippen LogP contribution in [-0.2, 0) is 6.42 Å². The van der Waals surface area contributed by atoms with E-state index in [1.807, 2.05) is 25.1 Å². The fourth-order valence-corrected chi connectivity index (χ4v) is 4.01. The molecule has 156 valence electrons. The fraction of sp³-hybridized carbons (Fsp3) is 0.500. The zero-order valence-electron chi connectivity index (χ0n) is 17.8. The molecular weight excluding hydrogens is 384 g/mol. The molecule has 0 spiro atoms.